The molecule has 0 aromatic rings. The fourth-order valence-electron chi connectivity index (χ4n) is 2.48. The van der Waals surface area contributed by atoms with E-state index in [0.717, 1.165) is 0 Å². The molecule has 1 aliphatic rings. The van der Waals surface area contributed by atoms with Gasteiger partial charge in [0.1, 0.15) is 12.2 Å². The van der Waals surface area contributed by atoms with Crippen LogP contribution in [0.25, 0.3) is 0 Å². The molecule has 2 N–H and O–H groups in total. The lowest BCUT2D eigenvalue weighted by atomic mass is 9.99. The van der Waals surface area contributed by atoms with Gasteiger partial charge in [0, 0.05) is 27.4 Å². The Kier molecular flexibility index (Phi) is 6.65. The highest BCUT2D eigenvalue weighted by Crippen LogP contribution is 2.34. The maximum atomic E-state index is 9.10. The van der Waals surface area contributed by atoms with Gasteiger partial charge >= 0.3 is 0 Å². The molecule has 0 aliphatic carbocycles. The van der Waals surface area contributed by atoms with Crippen LogP contribution in [0, 0.1) is 0 Å². The number of hydrogen-bond donors (Lipinski definition) is 2. The minimum absolute atomic E-state index is 0.0170. The smallest absolute Gasteiger partial charge is 0.164 e. The average Bonchev–Trinajstić information content (AvgIpc) is 2.68. The van der Waals surface area contributed by atoms with Crippen molar-refractivity contribution >= 4 is 0 Å². The minimum atomic E-state index is -0.728. The van der Waals surface area contributed by atoms with Crippen molar-refractivity contribution in [3.8, 4) is 0 Å². The zero-order valence-electron chi connectivity index (χ0n) is 12.2. The second-order valence-electron chi connectivity index (χ2n) is 5.14. The van der Waals surface area contributed by atoms with Crippen LogP contribution in [0.2, 0.25) is 0 Å². The molecule has 0 saturated carbocycles. The molecule has 0 spiro atoms. The number of methoxy groups -OCH3 is 2. The van der Waals surface area contributed by atoms with E-state index >= 15 is 0 Å². The van der Waals surface area contributed by atoms with Crippen LogP contribution in [0.1, 0.15) is 26.7 Å². The number of ether oxygens (including phenoxy) is 4. The van der Waals surface area contributed by atoms with Gasteiger partial charge in [-0.15, -0.1) is 0 Å². The summed E-state index contributed by atoms with van der Waals surface area (Å²) in [5.74, 6) is -0.728. The number of hydrogen-bond acceptors (Lipinski definition) is 6. The van der Waals surface area contributed by atoms with Gasteiger partial charge in [-0.1, -0.05) is 0 Å². The molecule has 4 atom stereocenters. The first kappa shape index (κ1) is 16.8. The molecule has 0 aromatic carbocycles. The van der Waals surface area contributed by atoms with Crippen molar-refractivity contribution in [1.82, 2.24) is 0 Å². The first-order chi connectivity index (χ1) is 8.99. The van der Waals surface area contributed by atoms with Crippen molar-refractivity contribution in [2.45, 2.75) is 56.9 Å². The van der Waals surface area contributed by atoms with Crippen LogP contribution in [0.5, 0.6) is 0 Å². The summed E-state index contributed by atoms with van der Waals surface area (Å²) in [5, 5.41) is 18.2. The van der Waals surface area contributed by atoms with Gasteiger partial charge in [-0.25, -0.2) is 0 Å². The van der Waals surface area contributed by atoms with Crippen LogP contribution in [-0.2, 0) is 18.9 Å². The quantitative estimate of drug-likeness (QED) is 0.665. The molecule has 1 fully saturated rings. The van der Waals surface area contributed by atoms with Crippen molar-refractivity contribution in [3.05, 3.63) is 0 Å². The predicted octanol–water partition coefficient (Wildman–Crippen LogP) is 0.301. The Balaban J connectivity index is 2.84. The van der Waals surface area contributed by atoms with E-state index in [0.29, 0.717) is 12.8 Å². The summed E-state index contributed by atoms with van der Waals surface area (Å²) in [5.41, 5.74) is 0. The Morgan fingerprint density at radius 1 is 0.947 bits per heavy atom. The molecular formula is C13H26O6. The van der Waals surface area contributed by atoms with Crippen molar-refractivity contribution in [2.75, 3.05) is 27.4 Å². The monoisotopic (exact) mass is 278 g/mol. The molecule has 1 saturated heterocycles. The summed E-state index contributed by atoms with van der Waals surface area (Å²) in [6.07, 6.45) is -0.271. The molecule has 0 unspecified atom stereocenters. The van der Waals surface area contributed by atoms with Gasteiger partial charge < -0.3 is 29.2 Å². The second-order valence-corrected chi connectivity index (χ2v) is 5.14. The summed E-state index contributed by atoms with van der Waals surface area (Å²) < 4.78 is 22.5. The molecule has 114 valence electrons. The van der Waals surface area contributed by atoms with Crippen LogP contribution in [-0.4, -0.2) is 67.8 Å². The third kappa shape index (κ3) is 4.37. The Morgan fingerprint density at radius 3 is 1.58 bits per heavy atom. The first-order valence-electron chi connectivity index (χ1n) is 6.62. The zero-order valence-corrected chi connectivity index (χ0v) is 12.2. The molecular weight excluding hydrogens is 252 g/mol. The van der Waals surface area contributed by atoms with Crippen LogP contribution < -0.4 is 0 Å². The van der Waals surface area contributed by atoms with Gasteiger partial charge in [0.2, 0.25) is 0 Å². The molecule has 0 radical (unpaired) electrons. The van der Waals surface area contributed by atoms with Gasteiger partial charge in [0.05, 0.1) is 12.2 Å². The molecule has 6 heteroatoms. The summed E-state index contributed by atoms with van der Waals surface area (Å²) in [4.78, 5) is 0. The zero-order chi connectivity index (χ0) is 14.5. The molecule has 1 rings (SSSR count). The van der Waals surface area contributed by atoms with E-state index in [1.807, 2.05) is 13.8 Å². The van der Waals surface area contributed by atoms with Gasteiger partial charge in [-0.3, -0.25) is 0 Å². The number of aliphatic hydroxyl groups is 2. The van der Waals surface area contributed by atoms with E-state index in [-0.39, 0.29) is 37.6 Å². The third-order valence-corrected chi connectivity index (χ3v) is 3.33. The predicted molar refractivity (Wildman–Crippen MR) is 68.8 cm³/mol. The van der Waals surface area contributed by atoms with Crippen molar-refractivity contribution in [1.29, 1.82) is 0 Å². The van der Waals surface area contributed by atoms with Crippen molar-refractivity contribution in [2.24, 2.45) is 0 Å². The molecule has 0 aromatic heterocycles. The van der Waals surface area contributed by atoms with Crippen LogP contribution in [0.15, 0.2) is 0 Å². The standard InChI is InChI=1S/C13H26O6/c1-13(2)18-11(9(16-3)5-7-14)12(19-13)10(17-4)6-8-15/h9-12,14-15H,5-8H2,1-4H3/t9-,10-,11-,12-/m1/s1. The molecule has 0 amide bonds. The van der Waals surface area contributed by atoms with Crippen LogP contribution in [0.4, 0.5) is 0 Å². The lowest BCUT2D eigenvalue weighted by Crippen LogP contribution is -2.44. The van der Waals surface area contributed by atoms with Gasteiger partial charge in [0.15, 0.2) is 5.79 Å². The summed E-state index contributed by atoms with van der Waals surface area (Å²) in [6, 6.07) is 0. The SMILES string of the molecule is CO[C@H](CCO)[C@H]1OC(C)(C)O[C@@H]1[C@@H](CCO)OC. The van der Waals surface area contributed by atoms with E-state index in [4.69, 9.17) is 29.2 Å². The average molecular weight is 278 g/mol. The van der Waals surface area contributed by atoms with Crippen molar-refractivity contribution in [3.63, 3.8) is 0 Å². The topological polar surface area (TPSA) is 77.4 Å². The Hall–Kier alpha value is -0.240. The molecule has 1 aliphatic heterocycles. The summed E-state index contributed by atoms with van der Waals surface area (Å²) in [6.45, 7) is 3.70. The van der Waals surface area contributed by atoms with E-state index in [1.165, 1.54) is 0 Å². The van der Waals surface area contributed by atoms with E-state index < -0.39 is 5.79 Å². The number of aliphatic hydroxyl groups excluding tert-OH is 2. The fourth-order valence-corrected chi connectivity index (χ4v) is 2.48. The fraction of sp³-hybridized carbons (Fsp3) is 1.00. The van der Waals surface area contributed by atoms with Crippen molar-refractivity contribution < 1.29 is 29.2 Å². The first-order valence-corrected chi connectivity index (χ1v) is 6.62. The summed E-state index contributed by atoms with van der Waals surface area (Å²) in [7, 11) is 3.17. The maximum absolute atomic E-state index is 9.10. The van der Waals surface area contributed by atoms with Crippen LogP contribution >= 0.6 is 0 Å². The Morgan fingerprint density at radius 2 is 1.32 bits per heavy atom. The van der Waals surface area contributed by atoms with Gasteiger partial charge in [-0.2, -0.15) is 0 Å². The lowest BCUT2D eigenvalue weighted by Gasteiger charge is -2.29. The Bertz CT molecular complexity index is 234. The Labute approximate surface area is 114 Å². The molecule has 19 heavy (non-hydrogen) atoms. The maximum Gasteiger partial charge on any atom is 0.164 e. The van der Waals surface area contributed by atoms with E-state index in [2.05, 4.69) is 0 Å². The van der Waals surface area contributed by atoms with Crippen LogP contribution in [0.3, 0.4) is 0 Å². The largest absolute Gasteiger partial charge is 0.396 e. The normalized spacial score (nSPS) is 29.4. The summed E-state index contributed by atoms with van der Waals surface area (Å²) >= 11 is 0. The number of rotatable bonds is 8. The van der Waals surface area contributed by atoms with Gasteiger partial charge in [0.25, 0.3) is 0 Å². The minimum Gasteiger partial charge on any atom is -0.396 e. The van der Waals surface area contributed by atoms with Gasteiger partial charge in [-0.05, 0) is 26.7 Å². The lowest BCUT2D eigenvalue weighted by molar-refractivity contribution is -0.164. The van der Waals surface area contributed by atoms with E-state index in [9.17, 15) is 0 Å². The highest BCUT2D eigenvalue weighted by atomic mass is 16.8. The molecule has 1 heterocycles. The highest BCUT2D eigenvalue weighted by Gasteiger charge is 2.48. The molecule has 0 bridgehead atoms. The van der Waals surface area contributed by atoms with E-state index in [1.54, 1.807) is 14.2 Å². The molecule has 6 nitrogen and oxygen atoms in total. The second kappa shape index (κ2) is 7.52. The highest BCUT2D eigenvalue weighted by molar-refractivity contribution is 4.91. The third-order valence-electron chi connectivity index (χ3n) is 3.33.